The molecule has 0 unspecified atom stereocenters. The molecule has 0 amide bonds. The van der Waals surface area contributed by atoms with Crippen molar-refractivity contribution in [3.63, 3.8) is 0 Å². The average Bonchev–Trinajstić information content (AvgIpc) is 2.62. The maximum atomic E-state index is 6.20. The molecule has 0 aliphatic carbocycles. The Labute approximate surface area is 167 Å². The zero-order valence-corrected chi connectivity index (χ0v) is 16.3. The number of rotatable bonds is 2. The third-order valence-electron chi connectivity index (χ3n) is 4.80. The number of hydrogen-bond acceptors (Lipinski definition) is 3. The fourth-order valence-corrected chi connectivity index (χ4v) is 3.94. The van der Waals surface area contributed by atoms with Gasteiger partial charge in [-0.15, -0.1) is 0 Å². The average molecular weight is 411 g/mol. The number of aliphatic imine (C=N–C) groups is 1. The van der Waals surface area contributed by atoms with Gasteiger partial charge in [0.1, 0.15) is 5.84 Å². The fourth-order valence-electron chi connectivity index (χ4n) is 3.40. The van der Waals surface area contributed by atoms with Gasteiger partial charge in [-0.1, -0.05) is 46.9 Å². The number of nitrogens with one attached hydrogen (secondary N) is 2. The molecule has 2 aromatic rings. The maximum Gasteiger partial charge on any atom is 0.127 e. The lowest BCUT2D eigenvalue weighted by atomic mass is 9.86. The summed E-state index contributed by atoms with van der Waals surface area (Å²) in [5.74, 6) is 0.895. The van der Waals surface area contributed by atoms with E-state index in [0.29, 0.717) is 34.8 Å². The Balaban J connectivity index is 1.70. The third-order valence-corrected chi connectivity index (χ3v) is 5.75. The van der Waals surface area contributed by atoms with Crippen LogP contribution >= 0.6 is 34.8 Å². The monoisotopic (exact) mass is 409 g/mol. The Bertz CT molecular complexity index is 863. The van der Waals surface area contributed by atoms with Gasteiger partial charge in [0, 0.05) is 31.1 Å². The molecule has 1 spiro atoms. The summed E-state index contributed by atoms with van der Waals surface area (Å²) in [5, 5.41) is 8.85. The number of ether oxygens (including phenoxy) is 1. The van der Waals surface area contributed by atoms with Gasteiger partial charge < -0.3 is 15.4 Å². The van der Waals surface area contributed by atoms with Gasteiger partial charge in [-0.3, -0.25) is 4.99 Å². The highest BCUT2D eigenvalue weighted by Gasteiger charge is 2.41. The van der Waals surface area contributed by atoms with Crippen LogP contribution in [0.25, 0.3) is 0 Å². The van der Waals surface area contributed by atoms with Crippen molar-refractivity contribution in [2.45, 2.75) is 24.9 Å². The van der Waals surface area contributed by atoms with Crippen molar-refractivity contribution < 1.29 is 4.74 Å². The van der Waals surface area contributed by atoms with E-state index in [2.05, 4.69) is 10.6 Å². The standard InChI is InChI=1S/C19H18Cl3N3O/c20-13-3-1-2-12(8-13)11-23-18-19(4-6-26-7-5-19)25-17-10-15(22)14(21)9-16(17)24-18/h1-3,8-10,25H,4-7,11H2,(H,23,24). The van der Waals surface area contributed by atoms with Crippen LogP contribution in [0.5, 0.6) is 0 Å². The predicted octanol–water partition coefficient (Wildman–Crippen LogP) is 5.63. The van der Waals surface area contributed by atoms with Gasteiger partial charge in [-0.25, -0.2) is 0 Å². The van der Waals surface area contributed by atoms with Crippen LogP contribution in [0.4, 0.5) is 11.4 Å². The number of hydrogen-bond donors (Lipinski definition) is 2. The molecule has 1 saturated heterocycles. The van der Waals surface area contributed by atoms with Gasteiger partial charge >= 0.3 is 0 Å². The van der Waals surface area contributed by atoms with Crippen LogP contribution in [0, 0.1) is 0 Å². The Morgan fingerprint density at radius 1 is 1.00 bits per heavy atom. The van der Waals surface area contributed by atoms with E-state index < -0.39 is 0 Å². The minimum atomic E-state index is -0.291. The zero-order valence-electron chi connectivity index (χ0n) is 14.0. The molecule has 0 aromatic heterocycles. The molecule has 2 aliphatic rings. The van der Waals surface area contributed by atoms with E-state index in [9.17, 15) is 0 Å². The number of benzene rings is 2. The highest BCUT2D eigenvalue weighted by molar-refractivity contribution is 6.42. The van der Waals surface area contributed by atoms with E-state index in [1.165, 1.54) is 0 Å². The van der Waals surface area contributed by atoms with E-state index in [0.717, 1.165) is 35.6 Å². The lowest BCUT2D eigenvalue weighted by Crippen LogP contribution is -2.55. The van der Waals surface area contributed by atoms with E-state index in [-0.39, 0.29) is 5.54 Å². The normalized spacial score (nSPS) is 19.7. The van der Waals surface area contributed by atoms with Gasteiger partial charge in [-0.05, 0) is 29.8 Å². The summed E-state index contributed by atoms with van der Waals surface area (Å²) in [5.41, 5.74) is 2.58. The second-order valence-corrected chi connectivity index (χ2v) is 7.80. The summed E-state index contributed by atoms with van der Waals surface area (Å²) in [7, 11) is 0. The lowest BCUT2D eigenvalue weighted by Gasteiger charge is -2.43. The number of fused-ring (bicyclic) bond motifs is 1. The van der Waals surface area contributed by atoms with Crippen LogP contribution in [0.2, 0.25) is 15.1 Å². The van der Waals surface area contributed by atoms with E-state index in [4.69, 9.17) is 44.5 Å². The first kappa shape index (κ1) is 17.9. The van der Waals surface area contributed by atoms with E-state index in [1.54, 1.807) is 0 Å². The van der Waals surface area contributed by atoms with Crippen LogP contribution in [0.3, 0.4) is 0 Å². The van der Waals surface area contributed by atoms with Gasteiger partial charge in [0.2, 0.25) is 0 Å². The fraction of sp³-hybridized carbons (Fsp3) is 0.316. The molecule has 0 saturated carbocycles. The molecular weight excluding hydrogens is 393 g/mol. The summed E-state index contributed by atoms with van der Waals surface area (Å²) in [6.07, 6.45) is 1.65. The van der Waals surface area contributed by atoms with Crippen LogP contribution in [0.15, 0.2) is 41.4 Å². The molecule has 26 heavy (non-hydrogen) atoms. The topological polar surface area (TPSA) is 45.7 Å². The summed E-state index contributed by atoms with van der Waals surface area (Å²) in [4.78, 5) is 4.88. The van der Waals surface area contributed by atoms with Crippen LogP contribution in [-0.4, -0.2) is 24.6 Å². The SMILES string of the molecule is Clc1cccc(CN=C2Nc3cc(Cl)c(Cl)cc3NC23CCOCC3)c1. The second kappa shape index (κ2) is 7.28. The summed E-state index contributed by atoms with van der Waals surface area (Å²) in [6.45, 7) is 1.91. The first-order valence-corrected chi connectivity index (χ1v) is 9.60. The van der Waals surface area contributed by atoms with Gasteiger partial charge in [0.25, 0.3) is 0 Å². The quantitative estimate of drug-likeness (QED) is 0.674. The largest absolute Gasteiger partial charge is 0.381 e. The molecule has 0 radical (unpaired) electrons. The van der Waals surface area contributed by atoms with Crippen LogP contribution in [-0.2, 0) is 11.3 Å². The number of halogens is 3. The Hall–Kier alpha value is -1.46. The molecular formula is C19H18Cl3N3O. The van der Waals surface area contributed by atoms with Crippen molar-refractivity contribution in [3.05, 3.63) is 57.0 Å². The molecule has 2 N–H and O–H groups in total. The van der Waals surface area contributed by atoms with Crippen molar-refractivity contribution in [2.75, 3.05) is 23.8 Å². The molecule has 0 atom stereocenters. The Morgan fingerprint density at radius 2 is 1.73 bits per heavy atom. The van der Waals surface area contributed by atoms with Gasteiger partial charge in [0.15, 0.2) is 0 Å². The molecule has 0 bridgehead atoms. The number of anilines is 2. The summed E-state index contributed by atoms with van der Waals surface area (Å²) >= 11 is 18.5. The molecule has 2 aliphatic heterocycles. The minimum absolute atomic E-state index is 0.291. The first-order valence-electron chi connectivity index (χ1n) is 8.47. The highest BCUT2D eigenvalue weighted by atomic mass is 35.5. The van der Waals surface area contributed by atoms with E-state index in [1.807, 2.05) is 36.4 Å². The first-order chi connectivity index (χ1) is 12.6. The van der Waals surface area contributed by atoms with Crippen LogP contribution in [0.1, 0.15) is 18.4 Å². The molecule has 4 rings (SSSR count). The minimum Gasteiger partial charge on any atom is -0.381 e. The smallest absolute Gasteiger partial charge is 0.127 e. The number of amidine groups is 1. The lowest BCUT2D eigenvalue weighted by molar-refractivity contribution is 0.0778. The molecule has 2 aromatic carbocycles. The van der Waals surface area contributed by atoms with Crippen molar-refractivity contribution in [3.8, 4) is 0 Å². The maximum absolute atomic E-state index is 6.20. The molecule has 2 heterocycles. The van der Waals surface area contributed by atoms with Crippen molar-refractivity contribution in [2.24, 2.45) is 4.99 Å². The zero-order chi connectivity index (χ0) is 18.1. The van der Waals surface area contributed by atoms with Crippen molar-refractivity contribution >= 4 is 52.0 Å². The predicted molar refractivity (Wildman–Crippen MR) is 109 cm³/mol. The summed E-state index contributed by atoms with van der Waals surface area (Å²) < 4.78 is 5.57. The molecule has 136 valence electrons. The van der Waals surface area contributed by atoms with Gasteiger partial charge in [0.05, 0.1) is 33.5 Å². The van der Waals surface area contributed by atoms with Crippen molar-refractivity contribution in [1.82, 2.24) is 0 Å². The molecule has 1 fully saturated rings. The molecule has 4 nitrogen and oxygen atoms in total. The number of nitrogens with zero attached hydrogens (tertiary/aromatic N) is 1. The second-order valence-electron chi connectivity index (χ2n) is 6.55. The molecule has 7 heteroatoms. The summed E-state index contributed by atoms with van der Waals surface area (Å²) in [6, 6.07) is 11.4. The third kappa shape index (κ3) is 3.52. The Morgan fingerprint density at radius 3 is 2.46 bits per heavy atom. The van der Waals surface area contributed by atoms with Gasteiger partial charge in [-0.2, -0.15) is 0 Å². The van der Waals surface area contributed by atoms with Crippen LogP contribution < -0.4 is 10.6 Å². The van der Waals surface area contributed by atoms with E-state index >= 15 is 0 Å². The highest BCUT2D eigenvalue weighted by Crippen LogP contribution is 2.40. The Kier molecular flexibility index (Phi) is 5.02. The van der Waals surface area contributed by atoms with Crippen molar-refractivity contribution in [1.29, 1.82) is 0 Å².